The molecule has 3 aromatic rings. The van der Waals surface area contributed by atoms with E-state index in [9.17, 15) is 4.79 Å². The first-order valence-corrected chi connectivity index (χ1v) is 10.3. The molecule has 152 valence electrons. The summed E-state index contributed by atoms with van der Waals surface area (Å²) in [7, 11) is 1.62. The molecule has 2 heterocycles. The van der Waals surface area contributed by atoms with E-state index in [1.54, 1.807) is 7.11 Å². The summed E-state index contributed by atoms with van der Waals surface area (Å²) < 4.78 is 6.39. The lowest BCUT2D eigenvalue weighted by molar-refractivity contribution is -0.113. The second-order valence-corrected chi connectivity index (χ2v) is 7.65. The van der Waals surface area contributed by atoms with E-state index in [0.717, 1.165) is 34.5 Å². The first-order valence-electron chi connectivity index (χ1n) is 8.46. The maximum atomic E-state index is 12.0. The Bertz CT molecular complexity index is 1010. The minimum Gasteiger partial charge on any atom is -0.497 e. The summed E-state index contributed by atoms with van der Waals surface area (Å²) in [6.45, 7) is 3.72. The maximum Gasteiger partial charge on any atom is 0.264 e. The molecule has 0 fully saturated rings. The van der Waals surface area contributed by atoms with Crippen LogP contribution in [0.1, 0.15) is 18.2 Å². The van der Waals surface area contributed by atoms with Crippen LogP contribution in [-0.2, 0) is 4.79 Å². The Morgan fingerprint density at radius 3 is 2.76 bits per heavy atom. The number of thioether (sulfide) groups is 1. The molecule has 3 rings (SSSR count). The molecular formula is C17H20N8O2S2. The van der Waals surface area contributed by atoms with Crippen LogP contribution < -0.4 is 21.3 Å². The smallest absolute Gasteiger partial charge is 0.264 e. The largest absolute Gasteiger partial charge is 0.497 e. The Labute approximate surface area is 175 Å². The Morgan fingerprint density at radius 2 is 2.10 bits per heavy atom. The minimum absolute atomic E-state index is 0.127. The van der Waals surface area contributed by atoms with Gasteiger partial charge in [-0.3, -0.25) is 4.79 Å². The van der Waals surface area contributed by atoms with Gasteiger partial charge in [-0.1, -0.05) is 11.8 Å². The first-order chi connectivity index (χ1) is 14.0. The summed E-state index contributed by atoms with van der Waals surface area (Å²) in [6, 6.07) is 7.51. The zero-order chi connectivity index (χ0) is 20.8. The number of rotatable bonds is 8. The molecule has 1 aromatic carbocycles. The number of carbonyl (C=O) groups excluding carboxylic acids is 1. The number of aromatic nitrogens is 4. The lowest BCUT2D eigenvalue weighted by Crippen LogP contribution is -2.17. The van der Waals surface area contributed by atoms with Gasteiger partial charge < -0.3 is 15.9 Å². The molecule has 0 saturated heterocycles. The molecular weight excluding hydrogens is 412 g/mol. The van der Waals surface area contributed by atoms with E-state index >= 15 is 0 Å². The number of nitrogens with two attached hydrogens (primary N) is 1. The highest BCUT2D eigenvalue weighted by atomic mass is 32.2. The highest BCUT2D eigenvalue weighted by Gasteiger charge is 2.13. The number of nitrogens with zero attached hydrogens (tertiary/aromatic N) is 5. The molecule has 0 aliphatic heterocycles. The van der Waals surface area contributed by atoms with Crippen molar-refractivity contribution < 1.29 is 9.53 Å². The van der Waals surface area contributed by atoms with Crippen molar-refractivity contribution in [3.63, 3.8) is 0 Å². The highest BCUT2D eigenvalue weighted by Crippen LogP contribution is 2.19. The van der Waals surface area contributed by atoms with Gasteiger partial charge >= 0.3 is 0 Å². The highest BCUT2D eigenvalue weighted by molar-refractivity contribution is 7.99. The number of aryl methyl sites for hydroxylation is 1. The van der Waals surface area contributed by atoms with Crippen molar-refractivity contribution in [1.29, 1.82) is 0 Å². The van der Waals surface area contributed by atoms with Crippen LogP contribution in [0.25, 0.3) is 0 Å². The Balaban J connectivity index is 1.56. The van der Waals surface area contributed by atoms with Gasteiger partial charge in [0.15, 0.2) is 5.13 Å². The molecule has 0 atom stereocenters. The summed E-state index contributed by atoms with van der Waals surface area (Å²) in [5.41, 5.74) is 5.31. The number of thiazole rings is 1. The van der Waals surface area contributed by atoms with Gasteiger partial charge in [-0.15, -0.1) is 21.5 Å². The van der Waals surface area contributed by atoms with Crippen LogP contribution in [0.4, 0.5) is 11.1 Å². The third kappa shape index (κ3) is 5.45. The number of anilines is 2. The van der Waals surface area contributed by atoms with Gasteiger partial charge in [0.1, 0.15) is 5.75 Å². The molecule has 0 unspecified atom stereocenters. The quantitative estimate of drug-likeness (QED) is 0.214. The number of hydrogen-bond acceptors (Lipinski definition) is 10. The van der Waals surface area contributed by atoms with E-state index < -0.39 is 0 Å². The average Bonchev–Trinajstić information content (AvgIpc) is 3.29. The molecule has 10 nitrogen and oxygen atoms in total. The van der Waals surface area contributed by atoms with E-state index in [1.165, 1.54) is 16.0 Å². The van der Waals surface area contributed by atoms with Crippen molar-refractivity contribution in [3.8, 4) is 5.75 Å². The second kappa shape index (κ2) is 9.39. The van der Waals surface area contributed by atoms with Crippen molar-refractivity contribution >= 4 is 45.8 Å². The molecule has 0 spiro atoms. The number of ether oxygens (including phenoxy) is 1. The number of nitrogens with one attached hydrogen (secondary N) is 2. The number of amides is 1. The average molecular weight is 433 g/mol. The van der Waals surface area contributed by atoms with Crippen LogP contribution in [0.15, 0.2) is 39.9 Å². The number of hydrazone groups is 1. The fourth-order valence-corrected chi connectivity index (χ4v) is 3.54. The third-order valence-electron chi connectivity index (χ3n) is 3.69. The third-order valence-corrected chi connectivity index (χ3v) is 5.51. The SMILES string of the molecule is COc1ccc(/C(C)=N/Nc2nnc(SCC(=O)Nc3nc(C)cs3)n2N)cc1. The van der Waals surface area contributed by atoms with Crippen LogP contribution >= 0.6 is 23.1 Å². The van der Waals surface area contributed by atoms with E-state index in [4.69, 9.17) is 10.6 Å². The fraction of sp³-hybridized carbons (Fsp3) is 0.235. The molecule has 0 bridgehead atoms. The normalized spacial score (nSPS) is 11.3. The van der Waals surface area contributed by atoms with E-state index in [2.05, 4.69) is 31.0 Å². The molecule has 0 radical (unpaired) electrons. The molecule has 0 aliphatic carbocycles. The van der Waals surface area contributed by atoms with Crippen LogP contribution in [0.5, 0.6) is 5.75 Å². The summed E-state index contributed by atoms with van der Waals surface area (Å²) in [5, 5.41) is 17.8. The van der Waals surface area contributed by atoms with Crippen molar-refractivity contribution in [2.45, 2.75) is 19.0 Å². The van der Waals surface area contributed by atoms with Crippen molar-refractivity contribution in [2.75, 3.05) is 29.4 Å². The Kier molecular flexibility index (Phi) is 6.67. The second-order valence-electron chi connectivity index (χ2n) is 5.84. The summed E-state index contributed by atoms with van der Waals surface area (Å²) >= 11 is 2.54. The van der Waals surface area contributed by atoms with Crippen LogP contribution in [0.3, 0.4) is 0 Å². The summed E-state index contributed by atoms with van der Waals surface area (Å²) in [5.74, 6) is 6.95. The fourth-order valence-electron chi connectivity index (χ4n) is 2.18. The zero-order valence-electron chi connectivity index (χ0n) is 16.0. The van der Waals surface area contributed by atoms with Crippen molar-refractivity contribution in [3.05, 3.63) is 40.9 Å². The Hall–Kier alpha value is -3.12. The number of carbonyl (C=O) groups is 1. The van der Waals surface area contributed by atoms with Crippen molar-refractivity contribution in [2.24, 2.45) is 5.10 Å². The first kappa shape index (κ1) is 20.6. The van der Waals surface area contributed by atoms with Crippen LogP contribution in [0, 0.1) is 6.92 Å². The predicted octanol–water partition coefficient (Wildman–Crippen LogP) is 2.33. The number of benzene rings is 1. The molecule has 4 N–H and O–H groups in total. The van der Waals surface area contributed by atoms with Gasteiger partial charge in [0.05, 0.1) is 24.3 Å². The lowest BCUT2D eigenvalue weighted by Gasteiger charge is -2.05. The molecule has 0 saturated carbocycles. The molecule has 1 amide bonds. The van der Waals surface area contributed by atoms with Gasteiger partial charge in [-0.05, 0) is 43.7 Å². The number of hydrogen-bond donors (Lipinski definition) is 3. The van der Waals surface area contributed by atoms with Gasteiger partial charge in [-0.25, -0.2) is 15.1 Å². The monoisotopic (exact) mass is 432 g/mol. The van der Waals surface area contributed by atoms with E-state index in [0.29, 0.717) is 10.3 Å². The predicted molar refractivity (Wildman–Crippen MR) is 115 cm³/mol. The van der Waals surface area contributed by atoms with Gasteiger partial charge in [0.25, 0.3) is 5.95 Å². The minimum atomic E-state index is -0.199. The zero-order valence-corrected chi connectivity index (χ0v) is 17.7. The van der Waals surface area contributed by atoms with Crippen molar-refractivity contribution in [1.82, 2.24) is 19.9 Å². The number of methoxy groups -OCH3 is 1. The summed E-state index contributed by atoms with van der Waals surface area (Å²) in [6.07, 6.45) is 0. The van der Waals surface area contributed by atoms with Crippen LogP contribution in [0.2, 0.25) is 0 Å². The molecule has 0 aliphatic rings. The summed E-state index contributed by atoms with van der Waals surface area (Å²) in [4.78, 5) is 16.2. The molecule has 29 heavy (non-hydrogen) atoms. The Morgan fingerprint density at radius 1 is 1.34 bits per heavy atom. The maximum absolute atomic E-state index is 12.0. The van der Waals surface area contributed by atoms with Gasteiger partial charge in [0.2, 0.25) is 11.1 Å². The van der Waals surface area contributed by atoms with Gasteiger partial charge in [-0.2, -0.15) is 5.10 Å². The molecule has 12 heteroatoms. The van der Waals surface area contributed by atoms with Gasteiger partial charge in [0, 0.05) is 5.38 Å². The van der Waals surface area contributed by atoms with E-state index in [1.807, 2.05) is 43.5 Å². The molecule has 2 aromatic heterocycles. The number of nitrogen functional groups attached to an aromatic ring is 1. The topological polar surface area (TPSA) is 132 Å². The standard InChI is InChI=1S/C17H20N8O2S2/c1-10-8-28-16(19-10)20-14(26)9-29-17-24-23-15(25(17)18)22-21-11(2)12-4-6-13(27-3)7-5-12/h4-8H,9,18H2,1-3H3,(H,22,23)(H,19,20,26)/b21-11+. The lowest BCUT2D eigenvalue weighted by atomic mass is 10.1. The van der Waals surface area contributed by atoms with Crippen LogP contribution in [-0.4, -0.2) is 44.3 Å². The van der Waals surface area contributed by atoms with E-state index in [-0.39, 0.29) is 17.6 Å².